The van der Waals surface area contributed by atoms with Crippen LogP contribution in [0.25, 0.3) is 0 Å². The summed E-state index contributed by atoms with van der Waals surface area (Å²) in [5.74, 6) is 0.875. The summed E-state index contributed by atoms with van der Waals surface area (Å²) in [6.07, 6.45) is 11.5. The Bertz CT molecular complexity index is 955. The van der Waals surface area contributed by atoms with Crippen molar-refractivity contribution in [3.63, 3.8) is 0 Å². The van der Waals surface area contributed by atoms with Gasteiger partial charge in [-0.3, -0.25) is 0 Å². The summed E-state index contributed by atoms with van der Waals surface area (Å²) in [6, 6.07) is 8.21. The van der Waals surface area contributed by atoms with Gasteiger partial charge in [-0.2, -0.15) is 0 Å². The zero-order valence-corrected chi connectivity index (χ0v) is 37.1. The summed E-state index contributed by atoms with van der Waals surface area (Å²) in [5.41, 5.74) is 1.16. The van der Waals surface area contributed by atoms with Gasteiger partial charge in [-0.25, -0.2) is 0 Å². The molecule has 0 N–H and O–H groups in total. The maximum atomic E-state index is 7.12. The Labute approximate surface area is 287 Å². The Kier molecular flexibility index (Phi) is 18.8. The Hall–Kier alpha value is -0.128. The fourth-order valence-corrected chi connectivity index (χ4v) is 24.4. The van der Waals surface area contributed by atoms with Crippen molar-refractivity contribution in [3.05, 3.63) is 39.5 Å². The second kappa shape index (κ2) is 19.8. The Balaban J connectivity index is 3.52. The van der Waals surface area contributed by atoms with Crippen LogP contribution in [0.2, 0.25) is 49.6 Å². The second-order valence-corrected chi connectivity index (χ2v) is 39.5. The zero-order chi connectivity index (χ0) is 34.4. The summed E-state index contributed by atoms with van der Waals surface area (Å²) in [7, 11) is -2.18. The van der Waals surface area contributed by atoms with Crippen molar-refractivity contribution in [2.45, 2.75) is 170 Å². The van der Waals surface area contributed by atoms with Crippen LogP contribution < -0.4 is 4.74 Å². The molecule has 262 valence electrons. The van der Waals surface area contributed by atoms with E-state index in [1.165, 1.54) is 51.8 Å². The first kappa shape index (κ1) is 42.9. The summed E-state index contributed by atoms with van der Waals surface area (Å²) in [5, 5.41) is 0.349. The van der Waals surface area contributed by atoms with E-state index < -0.39 is 35.0 Å². The van der Waals surface area contributed by atoms with Crippen LogP contribution in [0.1, 0.15) is 113 Å². The van der Waals surface area contributed by atoms with Gasteiger partial charge in [0.05, 0.1) is 7.11 Å². The molecule has 0 aliphatic rings. The molecule has 0 saturated carbocycles. The quantitative estimate of drug-likeness (QED) is 0.110. The monoisotopic (exact) mass is 770 g/mol. The van der Waals surface area contributed by atoms with E-state index in [0.29, 0.717) is 13.2 Å². The Morgan fingerprint density at radius 2 is 1.27 bits per heavy atom. The van der Waals surface area contributed by atoms with E-state index in [4.69, 9.17) is 18.3 Å². The number of benzene rings is 1. The molecule has 1 atom stereocenters. The fraction of sp³-hybridized carbons (Fsp3) is 0.789. The number of rotatable bonds is 22. The average molecular weight is 770 g/mol. The molecule has 1 aromatic carbocycles. The Morgan fingerprint density at radius 3 is 1.69 bits per heavy atom. The van der Waals surface area contributed by atoms with Gasteiger partial charge in [0, 0.05) is 0 Å². The molecule has 0 aliphatic carbocycles. The normalized spacial score (nSPS) is 14.6. The van der Waals surface area contributed by atoms with Crippen molar-refractivity contribution < 1.29 is 18.3 Å². The van der Waals surface area contributed by atoms with Gasteiger partial charge >= 0.3 is 281 Å². The molecule has 4 nitrogen and oxygen atoms in total. The standard InChI is InChI=1S/C26H47O4Si2.3C4H9.Sn/c1-25(2,3)31(8,9)29-19-13-12-14-24(30-32(10,11)26(4,5)6)21-28-20-22-15-17-23(27-7)18-16-22;3*1-3-4-2;/h12,15-18,24H,14,19-21H2,1-11H3;3*1,3-4H2,2H3;. The first-order chi connectivity index (χ1) is 20.9. The summed E-state index contributed by atoms with van der Waals surface area (Å²) in [4.78, 5) is 0. The number of ether oxygens (including phenoxy) is 2. The number of hydrogen-bond donors (Lipinski definition) is 0. The van der Waals surface area contributed by atoms with Gasteiger partial charge in [-0.1, -0.05) is 0 Å². The van der Waals surface area contributed by atoms with Crippen molar-refractivity contribution in [1.82, 2.24) is 0 Å². The first-order valence-electron chi connectivity index (χ1n) is 18.1. The van der Waals surface area contributed by atoms with Crippen molar-refractivity contribution in [2.75, 3.05) is 20.3 Å². The Morgan fingerprint density at radius 1 is 0.778 bits per heavy atom. The number of unbranched alkanes of at least 4 members (excludes halogenated alkanes) is 3. The number of hydrogen-bond acceptors (Lipinski definition) is 4. The van der Waals surface area contributed by atoms with Crippen LogP contribution in [0.3, 0.4) is 0 Å². The second-order valence-electron chi connectivity index (χ2n) is 16.5. The van der Waals surface area contributed by atoms with E-state index in [9.17, 15) is 0 Å². The van der Waals surface area contributed by atoms with E-state index in [1.54, 1.807) is 10.7 Å². The zero-order valence-electron chi connectivity index (χ0n) is 32.3. The third-order valence-corrected chi connectivity index (χ3v) is 35.8. The van der Waals surface area contributed by atoms with E-state index >= 15 is 0 Å². The average Bonchev–Trinajstić information content (AvgIpc) is 2.96. The molecule has 0 aliphatic heterocycles. The van der Waals surface area contributed by atoms with E-state index in [1.807, 2.05) is 12.1 Å². The van der Waals surface area contributed by atoms with Crippen LogP contribution in [0.15, 0.2) is 33.9 Å². The molecule has 45 heavy (non-hydrogen) atoms. The van der Waals surface area contributed by atoms with Crippen molar-refractivity contribution in [2.24, 2.45) is 0 Å². The van der Waals surface area contributed by atoms with Gasteiger partial charge in [-0.05, 0) is 0 Å². The molecule has 0 heterocycles. The van der Waals surface area contributed by atoms with E-state index in [-0.39, 0.29) is 16.2 Å². The molecule has 0 fully saturated rings. The number of methoxy groups -OCH3 is 1. The molecule has 0 amide bonds. The molecule has 0 spiro atoms. The molecular formula is C38H74O4Si2Sn. The van der Waals surface area contributed by atoms with E-state index in [0.717, 1.165) is 24.3 Å². The SMILES string of the molecule is CCC[CH2][Sn]([CH2]CCC)([CH2]CCC)/[C](=C\CC(COCc1ccc(OC)cc1)O[Si](C)(C)C(C)(C)C)CO[Si](C)(C)C(C)(C)C. The minimum absolute atomic E-state index is 0.0412. The summed E-state index contributed by atoms with van der Waals surface area (Å²) < 4.78 is 32.1. The van der Waals surface area contributed by atoms with Crippen LogP contribution >= 0.6 is 0 Å². The predicted molar refractivity (Wildman–Crippen MR) is 205 cm³/mol. The first-order valence-corrected chi connectivity index (χ1v) is 31.4. The van der Waals surface area contributed by atoms with Crippen LogP contribution in [0, 0.1) is 0 Å². The minimum atomic E-state index is -2.73. The molecule has 0 saturated heterocycles. The van der Waals surface area contributed by atoms with Crippen molar-refractivity contribution >= 4 is 35.0 Å². The summed E-state index contributed by atoms with van der Waals surface area (Å²) in [6.45, 7) is 32.8. The van der Waals surface area contributed by atoms with Gasteiger partial charge in [0.15, 0.2) is 0 Å². The maximum absolute atomic E-state index is 7.12. The van der Waals surface area contributed by atoms with Gasteiger partial charge in [0.25, 0.3) is 0 Å². The van der Waals surface area contributed by atoms with Gasteiger partial charge in [0.1, 0.15) is 0 Å². The molecule has 7 heteroatoms. The summed E-state index contributed by atoms with van der Waals surface area (Å²) >= 11 is -2.73. The van der Waals surface area contributed by atoms with Crippen molar-refractivity contribution in [3.8, 4) is 5.75 Å². The van der Waals surface area contributed by atoms with Crippen LogP contribution in [0.4, 0.5) is 0 Å². The fourth-order valence-electron chi connectivity index (χ4n) is 5.35. The molecule has 1 rings (SSSR count). The van der Waals surface area contributed by atoms with Crippen LogP contribution in [-0.2, 0) is 20.2 Å². The molecule has 0 radical (unpaired) electrons. The molecule has 1 aromatic rings. The van der Waals surface area contributed by atoms with Gasteiger partial charge in [-0.15, -0.1) is 0 Å². The van der Waals surface area contributed by atoms with E-state index in [2.05, 4.69) is 107 Å². The third kappa shape index (κ3) is 14.5. The molecule has 1 unspecified atom stereocenters. The van der Waals surface area contributed by atoms with Gasteiger partial charge in [0.2, 0.25) is 0 Å². The van der Waals surface area contributed by atoms with Crippen LogP contribution in [-0.4, -0.2) is 61.4 Å². The third-order valence-electron chi connectivity index (χ3n) is 10.7. The predicted octanol–water partition coefficient (Wildman–Crippen LogP) is 12.3. The van der Waals surface area contributed by atoms with Gasteiger partial charge < -0.3 is 0 Å². The molecule has 0 aromatic heterocycles. The topological polar surface area (TPSA) is 36.9 Å². The van der Waals surface area contributed by atoms with Crippen LogP contribution in [0.5, 0.6) is 5.75 Å². The van der Waals surface area contributed by atoms with Crippen molar-refractivity contribution in [1.29, 1.82) is 0 Å². The molecular weight excluding hydrogens is 695 g/mol. The molecule has 0 bridgehead atoms.